The molecule has 1 aliphatic heterocycles. The molecule has 0 amide bonds. The largest absolute Gasteiger partial charge is 0.370 e. The van der Waals surface area contributed by atoms with Crippen molar-refractivity contribution in [2.45, 2.75) is 52.1 Å². The van der Waals surface area contributed by atoms with Gasteiger partial charge in [0.2, 0.25) is 0 Å². The van der Waals surface area contributed by atoms with E-state index < -0.39 is 0 Å². The van der Waals surface area contributed by atoms with Crippen LogP contribution in [0.2, 0.25) is 0 Å². The zero-order valence-electron chi connectivity index (χ0n) is 10.8. The molecule has 17 heavy (non-hydrogen) atoms. The number of fused-ring (bicyclic) bond motifs is 1. The molecule has 1 aliphatic carbocycles. The number of aromatic amines is 1. The number of hydrogen-bond acceptors (Lipinski definition) is 2. The van der Waals surface area contributed by atoms with Gasteiger partial charge in [-0.2, -0.15) is 0 Å². The number of nitrogens with one attached hydrogen (secondary N) is 1. The molecule has 3 atom stereocenters. The number of ether oxygens (including phenoxy) is 1. The van der Waals surface area contributed by atoms with Crippen molar-refractivity contribution in [3.63, 3.8) is 0 Å². The van der Waals surface area contributed by atoms with Crippen LogP contribution in [0.25, 0.3) is 0 Å². The highest BCUT2D eigenvalue weighted by Gasteiger charge is 2.30. The van der Waals surface area contributed by atoms with Crippen LogP contribution in [0.3, 0.4) is 0 Å². The van der Waals surface area contributed by atoms with Crippen LogP contribution >= 0.6 is 0 Å². The average Bonchev–Trinajstić information content (AvgIpc) is 2.93. The number of H-pyrrole nitrogens is 1. The molecule has 0 bridgehead atoms. The summed E-state index contributed by atoms with van der Waals surface area (Å²) in [6.45, 7) is 5.43. The van der Waals surface area contributed by atoms with Gasteiger partial charge in [0.15, 0.2) is 0 Å². The fourth-order valence-corrected chi connectivity index (χ4v) is 3.10. The molecule has 3 nitrogen and oxygen atoms in total. The Morgan fingerprint density at radius 3 is 3.00 bits per heavy atom. The van der Waals surface area contributed by atoms with Crippen LogP contribution in [0.4, 0.5) is 0 Å². The van der Waals surface area contributed by atoms with Crippen molar-refractivity contribution in [1.82, 2.24) is 9.97 Å². The Labute approximate surface area is 103 Å². The summed E-state index contributed by atoms with van der Waals surface area (Å²) in [5.41, 5.74) is 2.67. The molecule has 1 N–H and O–H groups in total. The zero-order valence-corrected chi connectivity index (χ0v) is 10.8. The van der Waals surface area contributed by atoms with E-state index in [1.165, 1.54) is 30.7 Å². The maximum Gasteiger partial charge on any atom is 0.136 e. The van der Waals surface area contributed by atoms with Crippen LogP contribution in [-0.2, 0) is 17.6 Å². The van der Waals surface area contributed by atoms with Gasteiger partial charge < -0.3 is 9.72 Å². The van der Waals surface area contributed by atoms with E-state index >= 15 is 0 Å². The summed E-state index contributed by atoms with van der Waals surface area (Å²) in [5.74, 6) is 2.53. The second-order valence-electron chi connectivity index (χ2n) is 5.62. The molecule has 2 aliphatic rings. The van der Waals surface area contributed by atoms with Crippen molar-refractivity contribution in [2.24, 2.45) is 11.8 Å². The van der Waals surface area contributed by atoms with E-state index in [2.05, 4.69) is 18.8 Å². The Bertz CT molecular complexity index is 399. The van der Waals surface area contributed by atoms with Crippen LogP contribution in [0.15, 0.2) is 0 Å². The molecule has 1 saturated heterocycles. The summed E-state index contributed by atoms with van der Waals surface area (Å²) in [5, 5.41) is 0. The Morgan fingerprint density at radius 1 is 1.41 bits per heavy atom. The third kappa shape index (κ3) is 2.01. The fourth-order valence-electron chi connectivity index (χ4n) is 3.10. The summed E-state index contributed by atoms with van der Waals surface area (Å²) in [6.07, 6.45) is 6.28. The number of nitrogens with zero attached hydrogens (tertiary/aromatic N) is 1. The van der Waals surface area contributed by atoms with E-state index in [1.54, 1.807) is 0 Å². The monoisotopic (exact) mass is 234 g/mol. The van der Waals surface area contributed by atoms with E-state index in [9.17, 15) is 0 Å². The maximum absolute atomic E-state index is 5.79. The van der Waals surface area contributed by atoms with Crippen LogP contribution in [0, 0.1) is 11.8 Å². The van der Waals surface area contributed by atoms with Crippen molar-refractivity contribution in [1.29, 1.82) is 0 Å². The SMILES string of the molecule is CCC1CCc2nc(C3OCCC3C)[nH]c2C1. The standard InChI is InChI=1S/C14H22N2O/c1-3-10-4-5-11-12(8-10)16-14(15-11)13-9(2)6-7-17-13/h9-10,13H,3-8H2,1-2H3,(H,15,16). The summed E-state index contributed by atoms with van der Waals surface area (Å²) in [7, 11) is 0. The number of imidazole rings is 1. The maximum atomic E-state index is 5.79. The molecule has 2 heterocycles. The molecular weight excluding hydrogens is 212 g/mol. The van der Waals surface area contributed by atoms with Crippen LogP contribution in [0.1, 0.15) is 56.4 Å². The molecule has 1 fully saturated rings. The van der Waals surface area contributed by atoms with E-state index in [0.29, 0.717) is 5.92 Å². The minimum absolute atomic E-state index is 0.209. The molecule has 94 valence electrons. The van der Waals surface area contributed by atoms with Gasteiger partial charge in [-0.15, -0.1) is 0 Å². The highest BCUT2D eigenvalue weighted by Crippen LogP contribution is 2.34. The minimum atomic E-state index is 0.209. The van der Waals surface area contributed by atoms with Gasteiger partial charge in [-0.1, -0.05) is 20.3 Å². The van der Waals surface area contributed by atoms with E-state index in [-0.39, 0.29) is 6.10 Å². The summed E-state index contributed by atoms with van der Waals surface area (Å²) in [6, 6.07) is 0. The van der Waals surface area contributed by atoms with E-state index in [4.69, 9.17) is 9.72 Å². The third-order valence-corrected chi connectivity index (χ3v) is 4.40. The molecule has 3 heteroatoms. The molecule has 0 radical (unpaired) electrons. The van der Waals surface area contributed by atoms with E-state index in [0.717, 1.165) is 31.2 Å². The summed E-state index contributed by atoms with van der Waals surface area (Å²) >= 11 is 0. The van der Waals surface area contributed by atoms with Gasteiger partial charge in [0.1, 0.15) is 11.9 Å². The van der Waals surface area contributed by atoms with Gasteiger partial charge in [0, 0.05) is 12.3 Å². The molecule has 3 unspecified atom stereocenters. The van der Waals surface area contributed by atoms with Crippen LogP contribution in [0.5, 0.6) is 0 Å². The Morgan fingerprint density at radius 2 is 2.29 bits per heavy atom. The number of rotatable bonds is 2. The predicted molar refractivity (Wildman–Crippen MR) is 66.9 cm³/mol. The first-order valence-electron chi connectivity index (χ1n) is 6.97. The molecule has 0 spiro atoms. The highest BCUT2D eigenvalue weighted by atomic mass is 16.5. The molecule has 1 aromatic rings. The second kappa shape index (κ2) is 4.45. The lowest BCUT2D eigenvalue weighted by molar-refractivity contribution is 0.0879. The van der Waals surface area contributed by atoms with Gasteiger partial charge in [-0.3, -0.25) is 0 Å². The minimum Gasteiger partial charge on any atom is -0.370 e. The van der Waals surface area contributed by atoms with Gasteiger partial charge >= 0.3 is 0 Å². The van der Waals surface area contributed by atoms with Crippen LogP contribution in [-0.4, -0.2) is 16.6 Å². The Balaban J connectivity index is 1.82. The predicted octanol–water partition coefficient (Wildman–Crippen LogP) is 3.02. The molecule has 0 saturated carbocycles. The average molecular weight is 234 g/mol. The molecule has 3 rings (SSSR count). The lowest BCUT2D eigenvalue weighted by Gasteiger charge is -2.19. The third-order valence-electron chi connectivity index (χ3n) is 4.40. The van der Waals surface area contributed by atoms with E-state index in [1.807, 2.05) is 0 Å². The Kier molecular flexibility index (Phi) is 2.95. The first kappa shape index (κ1) is 11.3. The molecular formula is C14H22N2O. The summed E-state index contributed by atoms with van der Waals surface area (Å²) < 4.78 is 5.79. The van der Waals surface area contributed by atoms with Gasteiger partial charge in [0.05, 0.1) is 5.69 Å². The van der Waals surface area contributed by atoms with Crippen molar-refractivity contribution < 1.29 is 4.74 Å². The number of hydrogen-bond donors (Lipinski definition) is 1. The van der Waals surface area contributed by atoms with Gasteiger partial charge in [-0.25, -0.2) is 4.98 Å². The lowest BCUT2D eigenvalue weighted by Crippen LogP contribution is -2.13. The topological polar surface area (TPSA) is 37.9 Å². The quantitative estimate of drug-likeness (QED) is 0.854. The van der Waals surface area contributed by atoms with Crippen LogP contribution < -0.4 is 0 Å². The van der Waals surface area contributed by atoms with Crippen molar-refractivity contribution >= 4 is 0 Å². The molecule has 1 aromatic heterocycles. The first-order valence-corrected chi connectivity index (χ1v) is 6.97. The van der Waals surface area contributed by atoms with Crippen molar-refractivity contribution in [3.05, 3.63) is 17.2 Å². The highest BCUT2D eigenvalue weighted by molar-refractivity contribution is 5.20. The number of aromatic nitrogens is 2. The lowest BCUT2D eigenvalue weighted by atomic mass is 9.88. The Hall–Kier alpha value is -0.830. The van der Waals surface area contributed by atoms with Gasteiger partial charge in [0.25, 0.3) is 0 Å². The first-order chi connectivity index (χ1) is 8.28. The fraction of sp³-hybridized carbons (Fsp3) is 0.786. The van der Waals surface area contributed by atoms with Crippen molar-refractivity contribution in [2.75, 3.05) is 6.61 Å². The van der Waals surface area contributed by atoms with Crippen molar-refractivity contribution in [3.8, 4) is 0 Å². The smallest absolute Gasteiger partial charge is 0.136 e. The zero-order chi connectivity index (χ0) is 11.8. The molecule has 0 aromatic carbocycles. The summed E-state index contributed by atoms with van der Waals surface area (Å²) in [4.78, 5) is 8.31. The second-order valence-corrected chi connectivity index (χ2v) is 5.62. The van der Waals surface area contributed by atoms with Gasteiger partial charge in [-0.05, 0) is 37.5 Å². The normalized spacial score (nSPS) is 32.7. The number of aryl methyl sites for hydroxylation is 1.